The molecule has 0 bridgehead atoms. The molecule has 0 aliphatic carbocycles. The molecule has 1 N–H and O–H groups in total. The van der Waals surface area contributed by atoms with Crippen LogP contribution in [0.4, 0.5) is 5.69 Å². The Hall–Kier alpha value is -2.01. The van der Waals surface area contributed by atoms with Gasteiger partial charge < -0.3 is 10.2 Å². The van der Waals surface area contributed by atoms with Gasteiger partial charge in [-0.25, -0.2) is 0 Å². The molecule has 118 valence electrons. The van der Waals surface area contributed by atoms with E-state index < -0.39 is 0 Å². The lowest BCUT2D eigenvalue weighted by Gasteiger charge is -2.29. The Labute approximate surface area is 139 Å². The third-order valence-corrected chi connectivity index (χ3v) is 6.30. The van der Waals surface area contributed by atoms with Crippen LogP contribution in [-0.4, -0.2) is 33.4 Å². The largest absolute Gasteiger partial charge is 0.324 e. The highest BCUT2D eigenvalue weighted by Gasteiger charge is 2.52. The summed E-state index contributed by atoms with van der Waals surface area (Å²) in [6, 6.07) is 13.5. The second kappa shape index (κ2) is 5.27. The number of benzene rings is 2. The van der Waals surface area contributed by atoms with Crippen molar-refractivity contribution in [3.05, 3.63) is 42.5 Å². The number of rotatable bonds is 2. The van der Waals surface area contributed by atoms with E-state index in [9.17, 15) is 9.59 Å². The van der Waals surface area contributed by atoms with Gasteiger partial charge in [-0.05, 0) is 24.8 Å². The van der Waals surface area contributed by atoms with Crippen LogP contribution in [0.25, 0.3) is 10.8 Å². The Kier molecular flexibility index (Phi) is 3.34. The first kappa shape index (κ1) is 14.6. The van der Waals surface area contributed by atoms with Crippen molar-refractivity contribution < 1.29 is 9.59 Å². The van der Waals surface area contributed by atoms with Gasteiger partial charge in [0.25, 0.3) is 0 Å². The van der Waals surface area contributed by atoms with E-state index in [1.165, 1.54) is 0 Å². The van der Waals surface area contributed by atoms with Crippen molar-refractivity contribution in [3.63, 3.8) is 0 Å². The van der Waals surface area contributed by atoms with E-state index in [0.717, 1.165) is 22.9 Å². The van der Waals surface area contributed by atoms with Gasteiger partial charge in [-0.15, -0.1) is 11.8 Å². The number of nitrogens with one attached hydrogen (secondary N) is 1. The Bertz CT molecular complexity index is 801. The Morgan fingerprint density at radius 1 is 1.26 bits per heavy atom. The van der Waals surface area contributed by atoms with Crippen LogP contribution in [-0.2, 0) is 9.59 Å². The van der Waals surface area contributed by atoms with Crippen molar-refractivity contribution in [1.29, 1.82) is 0 Å². The molecule has 0 saturated carbocycles. The number of hydrogen-bond donors (Lipinski definition) is 1. The van der Waals surface area contributed by atoms with Crippen molar-refractivity contribution in [2.75, 3.05) is 11.1 Å². The molecule has 4 nitrogen and oxygen atoms in total. The molecule has 2 aromatic rings. The average molecular weight is 326 g/mol. The molecule has 2 fully saturated rings. The number of carbonyl (C=O) groups excluding carboxylic acids is 2. The highest BCUT2D eigenvalue weighted by atomic mass is 32.2. The maximum Gasteiger partial charge on any atom is 0.248 e. The molecule has 2 heterocycles. The topological polar surface area (TPSA) is 49.4 Å². The molecule has 2 aliphatic rings. The quantitative estimate of drug-likeness (QED) is 0.922. The Morgan fingerprint density at radius 2 is 2.04 bits per heavy atom. The van der Waals surface area contributed by atoms with E-state index in [4.69, 9.17) is 0 Å². The second-order valence-electron chi connectivity index (χ2n) is 6.28. The van der Waals surface area contributed by atoms with E-state index in [-0.39, 0.29) is 22.7 Å². The normalized spacial score (nSPS) is 26.6. The summed E-state index contributed by atoms with van der Waals surface area (Å²) in [5, 5.41) is 5.14. The van der Waals surface area contributed by atoms with Crippen molar-refractivity contribution in [1.82, 2.24) is 4.90 Å². The molecule has 0 radical (unpaired) electrons. The van der Waals surface area contributed by atoms with Crippen LogP contribution in [0.5, 0.6) is 0 Å². The number of hydrogen-bond acceptors (Lipinski definition) is 3. The highest BCUT2D eigenvalue weighted by molar-refractivity contribution is 8.01. The number of fused-ring (bicyclic) bond motifs is 2. The van der Waals surface area contributed by atoms with Gasteiger partial charge in [0, 0.05) is 23.2 Å². The molecule has 2 amide bonds. The van der Waals surface area contributed by atoms with Crippen LogP contribution < -0.4 is 5.32 Å². The minimum Gasteiger partial charge on any atom is -0.324 e. The lowest BCUT2D eigenvalue weighted by atomic mass is 10.1. The average Bonchev–Trinajstić information content (AvgIpc) is 3.04. The molecule has 2 aromatic carbocycles. The molecule has 2 saturated heterocycles. The van der Waals surface area contributed by atoms with Crippen molar-refractivity contribution >= 4 is 40.0 Å². The minimum atomic E-state index is -0.376. The molecule has 0 unspecified atom stereocenters. The molecule has 0 spiro atoms. The van der Waals surface area contributed by atoms with E-state index >= 15 is 0 Å². The zero-order chi connectivity index (χ0) is 16.0. The number of amides is 2. The zero-order valence-corrected chi connectivity index (χ0v) is 13.7. The summed E-state index contributed by atoms with van der Waals surface area (Å²) in [7, 11) is 0. The summed E-state index contributed by atoms with van der Waals surface area (Å²) in [5.74, 6) is 0.669. The predicted octanol–water partition coefficient (Wildman–Crippen LogP) is 3.23. The third-order valence-electron chi connectivity index (χ3n) is 4.79. The van der Waals surface area contributed by atoms with Gasteiger partial charge in [0.1, 0.15) is 6.04 Å². The summed E-state index contributed by atoms with van der Waals surface area (Å²) in [6.45, 7) is 2.06. The van der Waals surface area contributed by atoms with Crippen LogP contribution in [0.2, 0.25) is 0 Å². The number of carbonyl (C=O) groups is 2. The van der Waals surface area contributed by atoms with Crippen molar-refractivity contribution in [2.24, 2.45) is 0 Å². The number of anilines is 1. The maximum atomic E-state index is 12.8. The van der Waals surface area contributed by atoms with E-state index in [1.807, 2.05) is 42.5 Å². The van der Waals surface area contributed by atoms with Gasteiger partial charge >= 0.3 is 0 Å². The van der Waals surface area contributed by atoms with Crippen LogP contribution in [0.1, 0.15) is 19.8 Å². The summed E-state index contributed by atoms with van der Waals surface area (Å²) in [6.07, 6.45) is 1.37. The summed E-state index contributed by atoms with van der Waals surface area (Å²) in [5.41, 5.74) is 0.804. The van der Waals surface area contributed by atoms with Crippen LogP contribution in [0.15, 0.2) is 42.5 Å². The predicted molar refractivity (Wildman–Crippen MR) is 93.3 cm³/mol. The standard InChI is InChI=1S/C18H18N2O2S/c1-18-10-9-16(21)20(18)15(11-23-18)17(22)19-14-8-4-6-12-5-2-3-7-13(12)14/h2-8,15H,9-11H2,1H3,(H,19,22)/t15-,18-/m1/s1. The van der Waals surface area contributed by atoms with Gasteiger partial charge in [0.15, 0.2) is 0 Å². The van der Waals surface area contributed by atoms with Crippen molar-refractivity contribution in [2.45, 2.75) is 30.7 Å². The molecule has 23 heavy (non-hydrogen) atoms. The summed E-state index contributed by atoms with van der Waals surface area (Å²) in [4.78, 5) is 26.5. The first-order valence-corrected chi connectivity index (χ1v) is 8.82. The first-order chi connectivity index (χ1) is 11.1. The van der Waals surface area contributed by atoms with Gasteiger partial charge in [-0.2, -0.15) is 0 Å². The monoisotopic (exact) mass is 326 g/mol. The minimum absolute atomic E-state index is 0.0900. The van der Waals surface area contributed by atoms with E-state index in [0.29, 0.717) is 12.2 Å². The summed E-state index contributed by atoms with van der Waals surface area (Å²) < 4.78 is 0. The lowest BCUT2D eigenvalue weighted by Crippen LogP contribution is -2.48. The Morgan fingerprint density at radius 3 is 2.91 bits per heavy atom. The first-order valence-electron chi connectivity index (χ1n) is 7.83. The fourth-order valence-electron chi connectivity index (χ4n) is 3.57. The van der Waals surface area contributed by atoms with Crippen LogP contribution in [0.3, 0.4) is 0 Å². The Balaban J connectivity index is 1.62. The fourth-order valence-corrected chi connectivity index (χ4v) is 5.00. The number of thioether (sulfide) groups is 1. The highest BCUT2D eigenvalue weighted by Crippen LogP contribution is 2.47. The second-order valence-corrected chi connectivity index (χ2v) is 7.78. The molecule has 0 aromatic heterocycles. The zero-order valence-electron chi connectivity index (χ0n) is 12.9. The van der Waals surface area contributed by atoms with Crippen LogP contribution in [0, 0.1) is 0 Å². The number of nitrogens with zero attached hydrogens (tertiary/aromatic N) is 1. The molecular weight excluding hydrogens is 308 g/mol. The molecule has 2 atom stereocenters. The third kappa shape index (κ3) is 2.30. The van der Waals surface area contributed by atoms with Gasteiger partial charge in [0.05, 0.1) is 4.87 Å². The molecule has 4 rings (SSSR count). The van der Waals surface area contributed by atoms with Gasteiger partial charge in [0.2, 0.25) is 11.8 Å². The van der Waals surface area contributed by atoms with Crippen LogP contribution >= 0.6 is 11.8 Å². The fraction of sp³-hybridized carbons (Fsp3) is 0.333. The SMILES string of the molecule is C[C@@]12CCC(=O)N1[C@@H](C(=O)Nc1cccc3ccccc13)CS2. The van der Waals surface area contributed by atoms with Gasteiger partial charge in [-0.3, -0.25) is 9.59 Å². The lowest BCUT2D eigenvalue weighted by molar-refractivity contribution is -0.135. The molecule has 2 aliphatic heterocycles. The smallest absolute Gasteiger partial charge is 0.248 e. The maximum absolute atomic E-state index is 12.8. The van der Waals surface area contributed by atoms with Gasteiger partial charge in [-0.1, -0.05) is 36.4 Å². The van der Waals surface area contributed by atoms with Crippen molar-refractivity contribution in [3.8, 4) is 0 Å². The van der Waals surface area contributed by atoms with E-state index in [1.54, 1.807) is 16.7 Å². The summed E-state index contributed by atoms with van der Waals surface area (Å²) >= 11 is 1.71. The molecule has 5 heteroatoms. The van der Waals surface area contributed by atoms with E-state index in [2.05, 4.69) is 12.2 Å². The molecular formula is C18H18N2O2S.